The van der Waals surface area contributed by atoms with E-state index < -0.39 is 0 Å². The molecule has 0 aliphatic carbocycles. The van der Waals surface area contributed by atoms with Gasteiger partial charge in [-0.15, -0.1) is 0 Å². The molecule has 2 rings (SSSR count). The highest BCUT2D eigenvalue weighted by Gasteiger charge is 2.09. The first kappa shape index (κ1) is 14.5. The highest BCUT2D eigenvalue weighted by atomic mass is 79.9. The largest absolute Gasteiger partial charge is 0.486 e. The minimum atomic E-state index is 0.480. The molecular weight excluding hydrogens is 372 g/mol. The van der Waals surface area contributed by atoms with E-state index >= 15 is 0 Å². The first-order valence-corrected chi connectivity index (χ1v) is 7.40. The van der Waals surface area contributed by atoms with E-state index in [0.717, 1.165) is 31.4 Å². The number of hydrogen-bond donors (Lipinski definition) is 1. The fraction of sp³-hybridized carbons (Fsp3) is 0.214. The second-order valence-electron chi connectivity index (χ2n) is 4.25. The third-order valence-electron chi connectivity index (χ3n) is 2.61. The van der Waals surface area contributed by atoms with Crippen molar-refractivity contribution < 1.29 is 4.74 Å². The number of aromatic nitrogens is 1. The molecule has 1 aromatic heterocycles. The van der Waals surface area contributed by atoms with E-state index in [9.17, 15) is 0 Å². The molecule has 5 heteroatoms. The second-order valence-corrected chi connectivity index (χ2v) is 5.96. The molecule has 3 nitrogen and oxygen atoms in total. The van der Waals surface area contributed by atoms with Crippen LogP contribution in [0.5, 0.6) is 5.75 Å². The number of benzene rings is 1. The van der Waals surface area contributed by atoms with Crippen LogP contribution in [-0.2, 0) is 13.2 Å². The van der Waals surface area contributed by atoms with Crippen molar-refractivity contribution in [3.8, 4) is 5.75 Å². The van der Waals surface area contributed by atoms with Gasteiger partial charge in [0.1, 0.15) is 12.4 Å². The minimum Gasteiger partial charge on any atom is -0.486 e. The molecule has 100 valence electrons. The van der Waals surface area contributed by atoms with Gasteiger partial charge in [0.15, 0.2) is 0 Å². The number of nitrogens with two attached hydrogens (primary N) is 1. The molecule has 0 amide bonds. The van der Waals surface area contributed by atoms with Gasteiger partial charge in [0, 0.05) is 24.5 Å². The molecule has 0 spiro atoms. The van der Waals surface area contributed by atoms with Crippen molar-refractivity contribution in [2.75, 3.05) is 0 Å². The maximum absolute atomic E-state index is 5.83. The summed E-state index contributed by atoms with van der Waals surface area (Å²) < 4.78 is 7.62. The zero-order valence-corrected chi connectivity index (χ0v) is 13.7. The van der Waals surface area contributed by atoms with Gasteiger partial charge in [0.25, 0.3) is 0 Å². The van der Waals surface area contributed by atoms with Crippen molar-refractivity contribution in [3.05, 3.63) is 56.2 Å². The van der Waals surface area contributed by atoms with E-state index in [1.165, 1.54) is 0 Å². The lowest BCUT2D eigenvalue weighted by molar-refractivity contribution is 0.301. The quantitative estimate of drug-likeness (QED) is 0.866. The van der Waals surface area contributed by atoms with Gasteiger partial charge in [0.2, 0.25) is 0 Å². The molecule has 1 aromatic carbocycles. The zero-order valence-electron chi connectivity index (χ0n) is 10.5. The Kier molecular flexibility index (Phi) is 4.96. The smallest absolute Gasteiger partial charge is 0.148 e. The Morgan fingerprint density at radius 1 is 1.11 bits per heavy atom. The Bertz CT molecular complexity index is 564. The van der Waals surface area contributed by atoms with Crippen molar-refractivity contribution in [2.45, 2.75) is 20.1 Å². The Hall–Kier alpha value is -0.910. The molecule has 0 aliphatic rings. The van der Waals surface area contributed by atoms with E-state index in [0.29, 0.717) is 13.2 Å². The topological polar surface area (TPSA) is 48.1 Å². The summed E-state index contributed by atoms with van der Waals surface area (Å²) in [5, 5.41) is 0. The molecule has 0 saturated heterocycles. The average molecular weight is 386 g/mol. The van der Waals surface area contributed by atoms with Gasteiger partial charge >= 0.3 is 0 Å². The maximum atomic E-state index is 5.83. The molecular formula is C14H14Br2N2O. The number of pyridine rings is 1. The average Bonchev–Trinajstić information content (AvgIpc) is 2.37. The molecule has 0 bridgehead atoms. The Balaban J connectivity index is 2.16. The van der Waals surface area contributed by atoms with Crippen LogP contribution in [0.2, 0.25) is 0 Å². The number of hydrogen-bond acceptors (Lipinski definition) is 3. The number of halogens is 2. The number of ether oxygens (including phenoxy) is 1. The van der Waals surface area contributed by atoms with Crippen LogP contribution in [0.25, 0.3) is 0 Å². The summed E-state index contributed by atoms with van der Waals surface area (Å²) in [5.41, 5.74) is 8.84. The van der Waals surface area contributed by atoms with Crippen molar-refractivity contribution in [1.29, 1.82) is 0 Å². The van der Waals surface area contributed by atoms with Crippen LogP contribution in [0.4, 0.5) is 0 Å². The van der Waals surface area contributed by atoms with Gasteiger partial charge in [-0.1, -0.05) is 0 Å². The van der Waals surface area contributed by atoms with Gasteiger partial charge in [0.05, 0.1) is 8.95 Å². The van der Waals surface area contributed by atoms with Crippen LogP contribution in [0, 0.1) is 6.92 Å². The first-order chi connectivity index (χ1) is 9.10. The molecule has 0 radical (unpaired) electrons. The molecule has 0 atom stereocenters. The monoisotopic (exact) mass is 384 g/mol. The van der Waals surface area contributed by atoms with Crippen LogP contribution < -0.4 is 10.5 Å². The summed E-state index contributed by atoms with van der Waals surface area (Å²) in [6, 6.07) is 5.99. The molecule has 19 heavy (non-hydrogen) atoms. The van der Waals surface area contributed by atoms with Gasteiger partial charge < -0.3 is 10.5 Å². The molecule has 1 heterocycles. The lowest BCUT2D eigenvalue weighted by atomic mass is 10.2. The molecule has 2 N–H and O–H groups in total. The Labute approximate surface area is 129 Å². The van der Waals surface area contributed by atoms with Crippen LogP contribution in [0.15, 0.2) is 39.5 Å². The molecule has 0 fully saturated rings. The maximum Gasteiger partial charge on any atom is 0.148 e. The molecule has 0 aliphatic heterocycles. The fourth-order valence-corrected chi connectivity index (χ4v) is 3.23. The third-order valence-corrected chi connectivity index (χ3v) is 3.79. The zero-order chi connectivity index (χ0) is 13.8. The second kappa shape index (κ2) is 6.50. The van der Waals surface area contributed by atoms with Crippen LogP contribution in [0.1, 0.15) is 16.7 Å². The third kappa shape index (κ3) is 3.78. The predicted molar refractivity (Wildman–Crippen MR) is 83.0 cm³/mol. The van der Waals surface area contributed by atoms with Gasteiger partial charge in [-0.25, -0.2) is 0 Å². The SMILES string of the molecule is Cc1cncc(COc2c(Br)cc(CN)cc2Br)c1. The van der Waals surface area contributed by atoms with E-state index in [2.05, 4.69) is 42.9 Å². The highest BCUT2D eigenvalue weighted by Crippen LogP contribution is 2.35. The molecule has 0 unspecified atom stereocenters. The number of aryl methyl sites for hydroxylation is 1. The fourth-order valence-electron chi connectivity index (χ4n) is 1.72. The summed E-state index contributed by atoms with van der Waals surface area (Å²) in [5.74, 6) is 0.777. The number of rotatable bonds is 4. The van der Waals surface area contributed by atoms with Crippen molar-refractivity contribution in [3.63, 3.8) is 0 Å². The van der Waals surface area contributed by atoms with Gasteiger partial charge in [-0.2, -0.15) is 0 Å². The minimum absolute atomic E-state index is 0.480. The first-order valence-electron chi connectivity index (χ1n) is 5.81. The van der Waals surface area contributed by atoms with Gasteiger partial charge in [-0.3, -0.25) is 4.98 Å². The standard InChI is InChI=1S/C14H14Br2N2O/c1-9-2-11(7-18-6-9)8-19-14-12(15)3-10(5-17)4-13(14)16/h2-4,6-7H,5,8,17H2,1H3. The summed E-state index contributed by atoms with van der Waals surface area (Å²) in [4.78, 5) is 4.15. The summed E-state index contributed by atoms with van der Waals surface area (Å²) in [7, 11) is 0. The van der Waals surface area contributed by atoms with Gasteiger partial charge in [-0.05, 0) is 68.1 Å². The lowest BCUT2D eigenvalue weighted by Crippen LogP contribution is -2.00. The summed E-state index contributed by atoms with van der Waals surface area (Å²) >= 11 is 7.00. The van der Waals surface area contributed by atoms with E-state index in [4.69, 9.17) is 10.5 Å². The Morgan fingerprint density at radius 3 is 2.37 bits per heavy atom. The van der Waals surface area contributed by atoms with Crippen LogP contribution >= 0.6 is 31.9 Å². The van der Waals surface area contributed by atoms with Crippen LogP contribution in [-0.4, -0.2) is 4.98 Å². The van der Waals surface area contributed by atoms with Crippen molar-refractivity contribution in [1.82, 2.24) is 4.98 Å². The van der Waals surface area contributed by atoms with E-state index in [1.54, 1.807) is 0 Å². The normalized spacial score (nSPS) is 10.5. The van der Waals surface area contributed by atoms with E-state index in [1.807, 2.05) is 31.5 Å². The number of nitrogens with zero attached hydrogens (tertiary/aromatic N) is 1. The van der Waals surface area contributed by atoms with E-state index in [-0.39, 0.29) is 0 Å². The predicted octanol–water partition coefficient (Wildman–Crippen LogP) is 3.95. The lowest BCUT2D eigenvalue weighted by Gasteiger charge is -2.12. The van der Waals surface area contributed by atoms with Crippen molar-refractivity contribution in [2.24, 2.45) is 5.73 Å². The van der Waals surface area contributed by atoms with Crippen LogP contribution in [0.3, 0.4) is 0 Å². The highest BCUT2D eigenvalue weighted by molar-refractivity contribution is 9.11. The summed E-state index contributed by atoms with van der Waals surface area (Å²) in [6.45, 7) is 2.99. The molecule has 0 saturated carbocycles. The molecule has 2 aromatic rings. The Morgan fingerprint density at radius 2 is 1.79 bits per heavy atom. The van der Waals surface area contributed by atoms with Crippen molar-refractivity contribution >= 4 is 31.9 Å². The summed E-state index contributed by atoms with van der Waals surface area (Å²) in [6.07, 6.45) is 3.63.